The molecule has 0 saturated heterocycles. The number of guanidine groups is 1. The summed E-state index contributed by atoms with van der Waals surface area (Å²) >= 11 is 0. The largest absolute Gasteiger partial charge is 0.493 e. The van der Waals surface area contributed by atoms with E-state index in [1.807, 2.05) is 50.2 Å². The van der Waals surface area contributed by atoms with Crippen LogP contribution in [0.1, 0.15) is 35.3 Å². The summed E-state index contributed by atoms with van der Waals surface area (Å²) in [6, 6.07) is 13.3. The van der Waals surface area contributed by atoms with Gasteiger partial charge in [0.1, 0.15) is 0 Å². The maximum absolute atomic E-state index is 12.0. The number of aliphatic imine (C=N–C) groups is 1. The molecule has 3 N–H and O–H groups in total. The highest BCUT2D eigenvalue weighted by atomic mass is 16.5. The molecule has 0 saturated carbocycles. The molecule has 2 rings (SSSR count). The first-order valence-corrected chi connectivity index (χ1v) is 9.71. The van der Waals surface area contributed by atoms with Crippen LogP contribution in [0.3, 0.4) is 0 Å². The van der Waals surface area contributed by atoms with Crippen molar-refractivity contribution in [2.45, 2.75) is 26.9 Å². The van der Waals surface area contributed by atoms with Gasteiger partial charge in [-0.15, -0.1) is 0 Å². The van der Waals surface area contributed by atoms with Gasteiger partial charge < -0.3 is 25.4 Å². The average molecular weight is 399 g/mol. The van der Waals surface area contributed by atoms with E-state index in [4.69, 9.17) is 9.47 Å². The lowest BCUT2D eigenvalue weighted by Crippen LogP contribution is -2.36. The normalized spacial score (nSPS) is 11.0. The highest BCUT2D eigenvalue weighted by Crippen LogP contribution is 2.27. The van der Waals surface area contributed by atoms with Gasteiger partial charge in [0.15, 0.2) is 17.5 Å². The number of benzene rings is 2. The average Bonchev–Trinajstić information content (AvgIpc) is 2.75. The third-order valence-corrected chi connectivity index (χ3v) is 4.20. The SMILES string of the molecule is CCNC(=O)c1cccc(CN=C(NCC)NCc2ccc(OC)c(OC)c2)c1. The quantitative estimate of drug-likeness (QED) is 0.447. The smallest absolute Gasteiger partial charge is 0.251 e. The van der Waals surface area contributed by atoms with Gasteiger partial charge >= 0.3 is 0 Å². The minimum atomic E-state index is -0.0724. The van der Waals surface area contributed by atoms with Crippen molar-refractivity contribution in [2.75, 3.05) is 27.3 Å². The fraction of sp³-hybridized carbons (Fsp3) is 0.364. The van der Waals surface area contributed by atoms with Crippen molar-refractivity contribution < 1.29 is 14.3 Å². The molecule has 1 amide bonds. The van der Waals surface area contributed by atoms with Gasteiger partial charge in [-0.05, 0) is 49.2 Å². The summed E-state index contributed by atoms with van der Waals surface area (Å²) in [4.78, 5) is 16.6. The summed E-state index contributed by atoms with van der Waals surface area (Å²) in [6.45, 7) is 6.32. The standard InChI is InChI=1S/C22H30N4O3/c1-5-23-21(27)18-9-7-8-16(12-18)14-25-22(24-6-2)26-15-17-10-11-19(28-3)20(13-17)29-4/h7-13H,5-6,14-15H2,1-4H3,(H,23,27)(H2,24,25,26). The highest BCUT2D eigenvalue weighted by molar-refractivity contribution is 5.94. The highest BCUT2D eigenvalue weighted by Gasteiger charge is 2.07. The lowest BCUT2D eigenvalue weighted by Gasteiger charge is -2.13. The van der Waals surface area contributed by atoms with E-state index in [0.717, 1.165) is 17.7 Å². The third-order valence-electron chi connectivity index (χ3n) is 4.20. The third kappa shape index (κ3) is 6.71. The molecule has 7 heteroatoms. The number of rotatable bonds is 9. The molecule has 2 aromatic carbocycles. The first-order valence-electron chi connectivity index (χ1n) is 9.71. The van der Waals surface area contributed by atoms with E-state index in [-0.39, 0.29) is 5.91 Å². The number of amides is 1. The molecule has 0 bridgehead atoms. The molecule has 0 heterocycles. The topological polar surface area (TPSA) is 84.0 Å². The molecule has 0 radical (unpaired) electrons. The van der Waals surface area contributed by atoms with Crippen LogP contribution in [0.25, 0.3) is 0 Å². The number of ether oxygens (including phenoxy) is 2. The fourth-order valence-corrected chi connectivity index (χ4v) is 2.76. The molecule has 156 valence electrons. The molecular formula is C22H30N4O3. The van der Waals surface area contributed by atoms with Crippen molar-refractivity contribution in [2.24, 2.45) is 4.99 Å². The molecule has 0 aromatic heterocycles. The van der Waals surface area contributed by atoms with E-state index in [1.54, 1.807) is 20.3 Å². The van der Waals surface area contributed by atoms with Crippen molar-refractivity contribution in [3.63, 3.8) is 0 Å². The van der Waals surface area contributed by atoms with Crippen LogP contribution in [0.5, 0.6) is 11.5 Å². The Balaban J connectivity index is 2.05. The molecule has 2 aromatic rings. The zero-order valence-corrected chi connectivity index (χ0v) is 17.5. The van der Waals surface area contributed by atoms with Gasteiger partial charge in [-0.1, -0.05) is 18.2 Å². The zero-order valence-electron chi connectivity index (χ0n) is 17.5. The molecule has 0 spiro atoms. The Hall–Kier alpha value is -3.22. The summed E-state index contributed by atoms with van der Waals surface area (Å²) < 4.78 is 10.6. The van der Waals surface area contributed by atoms with Gasteiger partial charge in [-0.3, -0.25) is 4.79 Å². The Morgan fingerprint density at radius 3 is 2.34 bits per heavy atom. The minimum Gasteiger partial charge on any atom is -0.493 e. The van der Waals surface area contributed by atoms with E-state index < -0.39 is 0 Å². The number of nitrogens with one attached hydrogen (secondary N) is 3. The Kier molecular flexibility index (Phi) is 8.82. The monoisotopic (exact) mass is 398 g/mol. The van der Waals surface area contributed by atoms with Crippen LogP contribution in [0.4, 0.5) is 0 Å². The number of nitrogens with zero attached hydrogens (tertiary/aromatic N) is 1. The summed E-state index contributed by atoms with van der Waals surface area (Å²) in [5, 5.41) is 9.36. The van der Waals surface area contributed by atoms with E-state index in [2.05, 4.69) is 20.9 Å². The summed E-state index contributed by atoms with van der Waals surface area (Å²) in [6.07, 6.45) is 0. The Labute approximate surface area is 172 Å². The second-order valence-electron chi connectivity index (χ2n) is 6.30. The van der Waals surface area contributed by atoms with Crippen molar-refractivity contribution in [1.29, 1.82) is 0 Å². The number of carbonyl (C=O) groups is 1. The molecular weight excluding hydrogens is 368 g/mol. The van der Waals surface area contributed by atoms with Crippen LogP contribution >= 0.6 is 0 Å². The van der Waals surface area contributed by atoms with Gasteiger partial charge in [0, 0.05) is 25.2 Å². The summed E-state index contributed by atoms with van der Waals surface area (Å²) in [7, 11) is 3.24. The lowest BCUT2D eigenvalue weighted by molar-refractivity contribution is 0.0955. The predicted molar refractivity (Wildman–Crippen MR) is 116 cm³/mol. The van der Waals surface area contributed by atoms with Gasteiger partial charge in [0.2, 0.25) is 0 Å². The molecule has 0 fully saturated rings. The van der Waals surface area contributed by atoms with Crippen LogP contribution in [0.15, 0.2) is 47.5 Å². The van der Waals surface area contributed by atoms with Gasteiger partial charge in [0.25, 0.3) is 5.91 Å². The Morgan fingerprint density at radius 1 is 0.897 bits per heavy atom. The molecule has 0 aliphatic rings. The van der Waals surface area contributed by atoms with Crippen LogP contribution < -0.4 is 25.4 Å². The molecule has 0 atom stereocenters. The van der Waals surface area contributed by atoms with Crippen molar-refractivity contribution >= 4 is 11.9 Å². The van der Waals surface area contributed by atoms with Gasteiger partial charge in [-0.25, -0.2) is 4.99 Å². The van der Waals surface area contributed by atoms with Gasteiger partial charge in [-0.2, -0.15) is 0 Å². The van der Waals surface area contributed by atoms with Gasteiger partial charge in [0.05, 0.1) is 20.8 Å². The lowest BCUT2D eigenvalue weighted by atomic mass is 10.1. The number of hydrogen-bond acceptors (Lipinski definition) is 4. The fourth-order valence-electron chi connectivity index (χ4n) is 2.76. The van der Waals surface area contributed by atoms with Crippen molar-refractivity contribution in [1.82, 2.24) is 16.0 Å². The Morgan fingerprint density at radius 2 is 1.66 bits per heavy atom. The second kappa shape index (κ2) is 11.6. The maximum Gasteiger partial charge on any atom is 0.251 e. The van der Waals surface area contributed by atoms with Crippen LogP contribution in [0, 0.1) is 0 Å². The predicted octanol–water partition coefficient (Wildman–Crippen LogP) is 2.71. The summed E-state index contributed by atoms with van der Waals surface area (Å²) in [5.41, 5.74) is 2.66. The zero-order chi connectivity index (χ0) is 21.1. The second-order valence-corrected chi connectivity index (χ2v) is 6.30. The number of methoxy groups -OCH3 is 2. The Bertz CT molecular complexity index is 837. The minimum absolute atomic E-state index is 0.0724. The number of carbonyl (C=O) groups excluding carboxylic acids is 1. The maximum atomic E-state index is 12.0. The van der Waals surface area contributed by atoms with Crippen molar-refractivity contribution in [3.8, 4) is 11.5 Å². The van der Waals surface area contributed by atoms with E-state index >= 15 is 0 Å². The van der Waals surface area contributed by atoms with Crippen LogP contribution in [-0.4, -0.2) is 39.2 Å². The molecule has 7 nitrogen and oxygen atoms in total. The summed E-state index contributed by atoms with van der Waals surface area (Å²) in [5.74, 6) is 2.02. The number of hydrogen-bond donors (Lipinski definition) is 3. The molecule has 0 aliphatic carbocycles. The van der Waals surface area contributed by atoms with E-state index in [9.17, 15) is 4.79 Å². The molecule has 29 heavy (non-hydrogen) atoms. The molecule has 0 aliphatic heterocycles. The van der Waals surface area contributed by atoms with Crippen molar-refractivity contribution in [3.05, 3.63) is 59.2 Å². The first kappa shape index (κ1) is 22.1. The molecule has 0 unspecified atom stereocenters. The van der Waals surface area contributed by atoms with E-state index in [0.29, 0.717) is 42.7 Å². The first-order chi connectivity index (χ1) is 14.1. The van der Waals surface area contributed by atoms with E-state index in [1.165, 1.54) is 0 Å². The van der Waals surface area contributed by atoms with Crippen LogP contribution in [0.2, 0.25) is 0 Å². The van der Waals surface area contributed by atoms with Crippen LogP contribution in [-0.2, 0) is 13.1 Å².